The number of rotatable bonds is 9. The van der Waals surface area contributed by atoms with Gasteiger partial charge in [-0.05, 0) is 42.2 Å². The van der Waals surface area contributed by atoms with E-state index in [2.05, 4.69) is 11.9 Å². The molecule has 0 aliphatic carbocycles. The van der Waals surface area contributed by atoms with Crippen molar-refractivity contribution in [2.45, 2.75) is 32.2 Å². The van der Waals surface area contributed by atoms with Gasteiger partial charge in [-0.15, -0.1) is 0 Å². The number of nitrogens with zero attached hydrogens (tertiary/aromatic N) is 2. The highest BCUT2D eigenvalue weighted by Crippen LogP contribution is 2.39. The van der Waals surface area contributed by atoms with E-state index in [4.69, 9.17) is 4.74 Å². The Morgan fingerprint density at radius 2 is 1.88 bits per heavy atom. The maximum Gasteiger partial charge on any atom is 0.295 e. The van der Waals surface area contributed by atoms with E-state index in [1.54, 1.807) is 36.7 Å². The first kappa shape index (κ1) is 23.2. The largest absolute Gasteiger partial charge is 0.507 e. The van der Waals surface area contributed by atoms with Crippen molar-refractivity contribution in [3.05, 3.63) is 101 Å². The number of carbonyl (C=O) groups is 2. The number of likely N-dealkylation sites (tertiary alicyclic amines) is 1. The second kappa shape index (κ2) is 10.8. The van der Waals surface area contributed by atoms with Crippen LogP contribution in [0.3, 0.4) is 0 Å². The third kappa shape index (κ3) is 5.01. The summed E-state index contributed by atoms with van der Waals surface area (Å²) in [6.45, 7) is 2.99. The Balaban J connectivity index is 1.71. The molecule has 1 saturated heterocycles. The highest BCUT2D eigenvalue weighted by atomic mass is 16.5. The molecule has 174 valence electrons. The lowest BCUT2D eigenvalue weighted by Gasteiger charge is -2.25. The normalized spacial score (nSPS) is 17.2. The van der Waals surface area contributed by atoms with Gasteiger partial charge in [0.2, 0.25) is 0 Å². The quantitative estimate of drug-likeness (QED) is 0.214. The standard InChI is InChI=1S/C28H28N2O4/c1-2-3-17-34-23-13-7-11-21(18-23)26(31)24-25(22-12-8-15-29-19-22)30(28(33)27(24)32)16-14-20-9-5-4-6-10-20/h4-13,15,18-19,25,31H,2-3,14,16-17H2,1H3. The Kier molecular flexibility index (Phi) is 7.38. The molecule has 0 saturated carbocycles. The second-order valence-corrected chi connectivity index (χ2v) is 8.24. The number of aliphatic hydroxyl groups is 1. The van der Waals surface area contributed by atoms with E-state index in [0.717, 1.165) is 18.4 Å². The van der Waals surface area contributed by atoms with Gasteiger partial charge >= 0.3 is 0 Å². The molecule has 1 N–H and O–H groups in total. The Bertz CT molecular complexity index is 1180. The molecule has 34 heavy (non-hydrogen) atoms. The van der Waals surface area contributed by atoms with Crippen molar-refractivity contribution in [3.63, 3.8) is 0 Å². The van der Waals surface area contributed by atoms with Crippen LogP contribution in [-0.4, -0.2) is 39.8 Å². The number of Topliss-reactive ketones (excluding diaryl/α,β-unsaturated/α-hetero) is 1. The number of ketones is 1. The number of ether oxygens (including phenoxy) is 1. The molecule has 3 aromatic rings. The number of amides is 1. The molecule has 0 bridgehead atoms. The zero-order chi connectivity index (χ0) is 23.9. The van der Waals surface area contributed by atoms with Crippen molar-refractivity contribution in [1.82, 2.24) is 9.88 Å². The average Bonchev–Trinajstić information content (AvgIpc) is 3.13. The molecule has 1 fully saturated rings. The summed E-state index contributed by atoms with van der Waals surface area (Å²) in [5, 5.41) is 11.2. The van der Waals surface area contributed by atoms with Crippen molar-refractivity contribution in [2.75, 3.05) is 13.2 Å². The number of pyridine rings is 1. The monoisotopic (exact) mass is 456 g/mol. The summed E-state index contributed by atoms with van der Waals surface area (Å²) in [5.74, 6) is -0.928. The summed E-state index contributed by atoms with van der Waals surface area (Å²) in [5.41, 5.74) is 2.23. The predicted octanol–water partition coefficient (Wildman–Crippen LogP) is 4.92. The minimum atomic E-state index is -0.720. The molecule has 6 heteroatoms. The Morgan fingerprint density at radius 1 is 1.06 bits per heavy atom. The number of benzene rings is 2. The lowest BCUT2D eigenvalue weighted by Crippen LogP contribution is -2.31. The highest BCUT2D eigenvalue weighted by Gasteiger charge is 2.45. The Hall–Kier alpha value is -3.93. The van der Waals surface area contributed by atoms with Gasteiger partial charge in [0.25, 0.3) is 11.7 Å². The molecule has 1 atom stereocenters. The van der Waals surface area contributed by atoms with Crippen LogP contribution in [0.4, 0.5) is 0 Å². The van der Waals surface area contributed by atoms with Crippen molar-refractivity contribution in [2.24, 2.45) is 0 Å². The van der Waals surface area contributed by atoms with Crippen LogP contribution in [0.15, 0.2) is 84.7 Å². The van der Waals surface area contributed by atoms with Gasteiger partial charge in [0.1, 0.15) is 11.5 Å². The molecule has 1 amide bonds. The number of aromatic nitrogens is 1. The fraction of sp³-hybridized carbons (Fsp3) is 0.250. The van der Waals surface area contributed by atoms with Crippen molar-refractivity contribution in [1.29, 1.82) is 0 Å². The third-order valence-corrected chi connectivity index (χ3v) is 5.90. The van der Waals surface area contributed by atoms with Crippen LogP contribution < -0.4 is 4.74 Å². The Morgan fingerprint density at radius 3 is 2.62 bits per heavy atom. The van der Waals surface area contributed by atoms with Crippen LogP contribution in [0.1, 0.15) is 42.5 Å². The molecular weight excluding hydrogens is 428 g/mol. The lowest BCUT2D eigenvalue weighted by molar-refractivity contribution is -0.139. The molecule has 1 aliphatic heterocycles. The summed E-state index contributed by atoms with van der Waals surface area (Å²) in [4.78, 5) is 32.0. The topological polar surface area (TPSA) is 79.7 Å². The summed E-state index contributed by atoms with van der Waals surface area (Å²) in [6, 6.07) is 19.6. The number of hydrogen-bond acceptors (Lipinski definition) is 5. The summed E-state index contributed by atoms with van der Waals surface area (Å²) in [7, 11) is 0. The van der Waals surface area contributed by atoms with Crippen LogP contribution >= 0.6 is 0 Å². The van der Waals surface area contributed by atoms with Gasteiger partial charge in [0.05, 0.1) is 18.2 Å². The molecule has 1 aliphatic rings. The van der Waals surface area contributed by atoms with Gasteiger partial charge in [-0.1, -0.05) is 61.9 Å². The van der Waals surface area contributed by atoms with Crippen molar-refractivity contribution >= 4 is 17.4 Å². The van der Waals surface area contributed by atoms with Gasteiger partial charge in [-0.3, -0.25) is 14.6 Å². The van der Waals surface area contributed by atoms with Crippen molar-refractivity contribution in [3.8, 4) is 5.75 Å². The van der Waals surface area contributed by atoms with E-state index in [0.29, 0.717) is 36.4 Å². The first-order valence-corrected chi connectivity index (χ1v) is 11.6. The molecule has 2 aromatic carbocycles. The van der Waals surface area contributed by atoms with E-state index < -0.39 is 17.7 Å². The fourth-order valence-electron chi connectivity index (χ4n) is 4.11. The third-order valence-electron chi connectivity index (χ3n) is 5.90. The molecule has 1 unspecified atom stereocenters. The van der Waals surface area contributed by atoms with E-state index in [1.165, 1.54) is 4.90 Å². The van der Waals surface area contributed by atoms with Crippen LogP contribution in [0.5, 0.6) is 5.75 Å². The van der Waals surface area contributed by atoms with Gasteiger partial charge in [-0.25, -0.2) is 0 Å². The van der Waals surface area contributed by atoms with E-state index in [1.807, 2.05) is 42.5 Å². The molecule has 4 rings (SSSR count). The minimum Gasteiger partial charge on any atom is -0.507 e. The summed E-state index contributed by atoms with van der Waals surface area (Å²) in [6.07, 6.45) is 5.78. The fourth-order valence-corrected chi connectivity index (χ4v) is 4.11. The van der Waals surface area contributed by atoms with Gasteiger partial charge in [-0.2, -0.15) is 0 Å². The number of hydrogen-bond donors (Lipinski definition) is 1. The van der Waals surface area contributed by atoms with Crippen LogP contribution in [-0.2, 0) is 16.0 Å². The first-order chi connectivity index (χ1) is 16.6. The maximum atomic E-state index is 13.2. The number of carbonyl (C=O) groups excluding carboxylic acids is 2. The SMILES string of the molecule is CCCCOc1cccc(C(O)=C2C(=O)C(=O)N(CCc3ccccc3)C2c2cccnc2)c1. The van der Waals surface area contributed by atoms with Gasteiger partial charge in [0.15, 0.2) is 0 Å². The zero-order valence-corrected chi connectivity index (χ0v) is 19.2. The zero-order valence-electron chi connectivity index (χ0n) is 19.2. The van der Waals surface area contributed by atoms with Crippen molar-refractivity contribution < 1.29 is 19.4 Å². The predicted molar refractivity (Wildman–Crippen MR) is 130 cm³/mol. The van der Waals surface area contributed by atoms with Crippen LogP contribution in [0.25, 0.3) is 5.76 Å². The smallest absolute Gasteiger partial charge is 0.295 e. The Labute approximate surface area is 199 Å². The number of unbranched alkanes of at least 4 members (excludes halogenated alkanes) is 1. The van der Waals surface area contributed by atoms with E-state index >= 15 is 0 Å². The lowest BCUT2D eigenvalue weighted by atomic mass is 9.96. The molecule has 0 spiro atoms. The van der Waals surface area contributed by atoms with E-state index in [9.17, 15) is 14.7 Å². The van der Waals surface area contributed by atoms with Gasteiger partial charge in [0, 0.05) is 24.5 Å². The molecular formula is C28H28N2O4. The highest BCUT2D eigenvalue weighted by molar-refractivity contribution is 6.46. The van der Waals surface area contributed by atoms with Gasteiger partial charge < -0.3 is 14.7 Å². The van der Waals surface area contributed by atoms with E-state index in [-0.39, 0.29) is 11.3 Å². The summed E-state index contributed by atoms with van der Waals surface area (Å²) >= 11 is 0. The first-order valence-electron chi connectivity index (χ1n) is 11.6. The molecule has 2 heterocycles. The minimum absolute atomic E-state index is 0.0665. The average molecular weight is 457 g/mol. The van der Waals surface area contributed by atoms with Crippen LogP contribution in [0, 0.1) is 0 Å². The van der Waals surface area contributed by atoms with Crippen LogP contribution in [0.2, 0.25) is 0 Å². The number of aliphatic hydroxyl groups excluding tert-OH is 1. The molecule has 1 aromatic heterocycles. The maximum absolute atomic E-state index is 13.2. The molecule has 0 radical (unpaired) electrons. The molecule has 6 nitrogen and oxygen atoms in total. The summed E-state index contributed by atoms with van der Waals surface area (Å²) < 4.78 is 5.76. The second-order valence-electron chi connectivity index (χ2n) is 8.24.